The molecule has 33 heavy (non-hydrogen) atoms. The Hall–Kier alpha value is -3.41. The number of thioether (sulfide) groups is 1. The second-order valence-corrected chi connectivity index (χ2v) is 9.04. The molecular formula is C25H16BrFN2O3S. The van der Waals surface area contributed by atoms with Crippen LogP contribution in [0.3, 0.4) is 0 Å². The maximum atomic E-state index is 13.1. The van der Waals surface area contributed by atoms with Gasteiger partial charge in [-0.25, -0.2) is 4.39 Å². The van der Waals surface area contributed by atoms with Crippen LogP contribution in [0, 0.1) is 17.1 Å². The Kier molecular flexibility index (Phi) is 6.92. The molecule has 8 heteroatoms. The van der Waals surface area contributed by atoms with Gasteiger partial charge >= 0.3 is 0 Å². The van der Waals surface area contributed by atoms with E-state index in [1.807, 2.05) is 6.07 Å². The third kappa shape index (κ3) is 5.33. The smallest absolute Gasteiger partial charge is 0.293 e. The first kappa shape index (κ1) is 22.8. The highest BCUT2D eigenvalue weighted by molar-refractivity contribution is 9.10. The molecule has 1 aliphatic rings. The maximum Gasteiger partial charge on any atom is 0.293 e. The van der Waals surface area contributed by atoms with Crippen LogP contribution >= 0.6 is 27.7 Å². The molecule has 1 heterocycles. The average molecular weight is 523 g/mol. The van der Waals surface area contributed by atoms with E-state index in [1.165, 1.54) is 12.1 Å². The van der Waals surface area contributed by atoms with E-state index in [4.69, 9.17) is 4.74 Å². The number of hydrogen-bond donors (Lipinski definition) is 0. The molecule has 0 N–H and O–H groups in total. The van der Waals surface area contributed by atoms with E-state index in [9.17, 15) is 19.2 Å². The average Bonchev–Trinajstić information content (AvgIpc) is 3.07. The van der Waals surface area contributed by atoms with Gasteiger partial charge in [-0.2, -0.15) is 5.26 Å². The lowest BCUT2D eigenvalue weighted by atomic mass is 10.1. The molecule has 4 rings (SSSR count). The Morgan fingerprint density at radius 1 is 1.09 bits per heavy atom. The molecule has 1 fully saturated rings. The van der Waals surface area contributed by atoms with E-state index >= 15 is 0 Å². The highest BCUT2D eigenvalue weighted by Gasteiger charge is 2.35. The molecular weight excluding hydrogens is 507 g/mol. The number of halogens is 2. The molecule has 0 atom stereocenters. The summed E-state index contributed by atoms with van der Waals surface area (Å²) in [4.78, 5) is 26.9. The fourth-order valence-corrected chi connectivity index (χ4v) is 4.43. The number of carbonyl (C=O) groups is 2. The Morgan fingerprint density at radius 3 is 2.61 bits per heavy atom. The minimum atomic E-state index is -0.429. The molecule has 1 saturated heterocycles. The predicted molar refractivity (Wildman–Crippen MR) is 128 cm³/mol. The number of nitriles is 1. The van der Waals surface area contributed by atoms with Gasteiger partial charge in [0.05, 0.1) is 23.1 Å². The zero-order chi connectivity index (χ0) is 23.4. The topological polar surface area (TPSA) is 70.4 Å². The minimum Gasteiger partial charge on any atom is -0.488 e. The van der Waals surface area contributed by atoms with Crippen molar-refractivity contribution in [3.05, 3.63) is 104 Å². The van der Waals surface area contributed by atoms with E-state index in [-0.39, 0.29) is 23.9 Å². The molecule has 0 spiro atoms. The van der Waals surface area contributed by atoms with Crippen molar-refractivity contribution < 1.29 is 18.7 Å². The van der Waals surface area contributed by atoms with Crippen LogP contribution in [0.1, 0.15) is 22.3 Å². The molecule has 1 aliphatic heterocycles. The predicted octanol–water partition coefficient (Wildman–Crippen LogP) is 6.28. The van der Waals surface area contributed by atoms with Gasteiger partial charge in [-0.3, -0.25) is 14.5 Å². The molecule has 0 saturated carbocycles. The molecule has 3 aromatic rings. The summed E-state index contributed by atoms with van der Waals surface area (Å²) >= 11 is 4.27. The number of nitrogens with zero attached hydrogens (tertiary/aromatic N) is 2. The van der Waals surface area contributed by atoms with Crippen LogP contribution in [0.25, 0.3) is 6.08 Å². The monoisotopic (exact) mass is 522 g/mol. The summed E-state index contributed by atoms with van der Waals surface area (Å²) in [5.41, 5.74) is 2.44. The zero-order valence-electron chi connectivity index (χ0n) is 17.1. The third-order valence-corrected chi connectivity index (χ3v) is 6.31. The summed E-state index contributed by atoms with van der Waals surface area (Å²) in [6, 6.07) is 20.3. The molecule has 2 amide bonds. The highest BCUT2D eigenvalue weighted by Crippen LogP contribution is 2.36. The number of imide groups is 1. The van der Waals surface area contributed by atoms with Crippen molar-refractivity contribution in [1.82, 2.24) is 4.90 Å². The van der Waals surface area contributed by atoms with E-state index < -0.39 is 11.1 Å². The summed E-state index contributed by atoms with van der Waals surface area (Å²) in [5.74, 6) is -0.234. The summed E-state index contributed by atoms with van der Waals surface area (Å²) in [6.45, 7) is 0.243. The second kappa shape index (κ2) is 10.0. The van der Waals surface area contributed by atoms with Crippen LogP contribution < -0.4 is 4.74 Å². The maximum absolute atomic E-state index is 13.1. The van der Waals surface area contributed by atoms with Crippen LogP contribution in [0.2, 0.25) is 0 Å². The van der Waals surface area contributed by atoms with Crippen LogP contribution in [0.15, 0.2) is 76.1 Å². The van der Waals surface area contributed by atoms with Crippen LogP contribution in [-0.4, -0.2) is 16.0 Å². The Labute approximate surface area is 202 Å². The van der Waals surface area contributed by atoms with Gasteiger partial charge in [-0.05, 0) is 65.4 Å². The minimum absolute atomic E-state index is 0.0259. The first-order valence-corrected chi connectivity index (χ1v) is 11.5. The van der Waals surface area contributed by atoms with Crippen molar-refractivity contribution in [3.63, 3.8) is 0 Å². The van der Waals surface area contributed by atoms with Gasteiger partial charge < -0.3 is 4.74 Å². The number of carbonyl (C=O) groups excluding carboxylic acids is 2. The number of hydrogen-bond acceptors (Lipinski definition) is 5. The Balaban J connectivity index is 1.56. The molecule has 164 valence electrons. The van der Waals surface area contributed by atoms with Crippen LogP contribution in [-0.2, 0) is 17.9 Å². The molecule has 0 radical (unpaired) electrons. The third-order valence-electron chi connectivity index (χ3n) is 4.91. The molecule has 5 nitrogen and oxygen atoms in total. The summed E-state index contributed by atoms with van der Waals surface area (Å²) < 4.78 is 19.8. The van der Waals surface area contributed by atoms with Crippen molar-refractivity contribution in [3.8, 4) is 11.8 Å². The van der Waals surface area contributed by atoms with Crippen molar-refractivity contribution in [1.29, 1.82) is 5.26 Å². The molecule has 0 unspecified atom stereocenters. The lowest BCUT2D eigenvalue weighted by Gasteiger charge is -2.13. The van der Waals surface area contributed by atoms with E-state index in [0.717, 1.165) is 26.7 Å². The molecule has 0 bridgehead atoms. The standard InChI is InChI=1S/C25H16BrFN2O3S/c26-20-7-10-22(32-15-16-5-8-21(27)9-6-16)19(11-20)12-23-24(30)29(25(31)33-23)14-18-4-2-1-3-17(18)13-28/h1-12H,14-15H2/b23-12-. The van der Waals surface area contributed by atoms with Gasteiger partial charge in [0.2, 0.25) is 0 Å². The Bertz CT molecular complexity index is 1300. The molecule has 3 aromatic carbocycles. The number of rotatable bonds is 6. The molecule has 0 aromatic heterocycles. The van der Waals surface area contributed by atoms with Crippen molar-refractivity contribution in [2.24, 2.45) is 0 Å². The van der Waals surface area contributed by atoms with Gasteiger partial charge in [-0.1, -0.05) is 46.3 Å². The van der Waals surface area contributed by atoms with Crippen molar-refractivity contribution >= 4 is 44.9 Å². The lowest BCUT2D eigenvalue weighted by Crippen LogP contribution is -2.27. The largest absolute Gasteiger partial charge is 0.488 e. The number of ether oxygens (including phenoxy) is 1. The fourth-order valence-electron chi connectivity index (χ4n) is 3.22. The highest BCUT2D eigenvalue weighted by atomic mass is 79.9. The lowest BCUT2D eigenvalue weighted by molar-refractivity contribution is -0.123. The number of benzene rings is 3. The van der Waals surface area contributed by atoms with Gasteiger partial charge in [0, 0.05) is 10.0 Å². The normalized spacial score (nSPS) is 14.6. The Morgan fingerprint density at radius 2 is 1.85 bits per heavy atom. The van der Waals surface area contributed by atoms with Gasteiger partial charge in [-0.15, -0.1) is 0 Å². The first-order valence-electron chi connectivity index (χ1n) is 9.85. The van der Waals surface area contributed by atoms with E-state index in [0.29, 0.717) is 22.4 Å². The summed E-state index contributed by atoms with van der Waals surface area (Å²) in [7, 11) is 0. The summed E-state index contributed by atoms with van der Waals surface area (Å²) in [6.07, 6.45) is 1.62. The summed E-state index contributed by atoms with van der Waals surface area (Å²) in [5, 5.41) is 8.88. The van der Waals surface area contributed by atoms with Crippen molar-refractivity contribution in [2.75, 3.05) is 0 Å². The number of amides is 2. The zero-order valence-corrected chi connectivity index (χ0v) is 19.5. The van der Waals surface area contributed by atoms with Crippen LogP contribution in [0.5, 0.6) is 5.75 Å². The quantitative estimate of drug-likeness (QED) is 0.356. The SMILES string of the molecule is N#Cc1ccccc1CN1C(=O)S/C(=C\c2cc(Br)ccc2OCc2ccc(F)cc2)C1=O. The first-order chi connectivity index (χ1) is 15.9. The molecule has 0 aliphatic carbocycles. The fraction of sp³-hybridized carbons (Fsp3) is 0.0800. The van der Waals surface area contributed by atoms with Gasteiger partial charge in [0.25, 0.3) is 11.1 Å². The van der Waals surface area contributed by atoms with Crippen molar-refractivity contribution in [2.45, 2.75) is 13.2 Å². The van der Waals surface area contributed by atoms with Crippen LogP contribution in [0.4, 0.5) is 9.18 Å². The van der Waals surface area contributed by atoms with Gasteiger partial charge in [0.15, 0.2) is 0 Å². The second-order valence-electron chi connectivity index (χ2n) is 7.13. The van der Waals surface area contributed by atoms with E-state index in [1.54, 1.807) is 54.6 Å². The van der Waals surface area contributed by atoms with Gasteiger partial charge in [0.1, 0.15) is 18.2 Å². The van der Waals surface area contributed by atoms with E-state index in [2.05, 4.69) is 22.0 Å².